The largest absolute Gasteiger partial charge is 0.363 e. The summed E-state index contributed by atoms with van der Waals surface area (Å²) >= 11 is 0. The molecule has 52 valence electrons. The highest BCUT2D eigenvalue weighted by Gasteiger charge is 2.26. The van der Waals surface area contributed by atoms with Gasteiger partial charge in [-0.15, -0.1) is 0 Å². The Kier molecular flexibility index (Phi) is 1.03. The lowest BCUT2D eigenvalue weighted by Gasteiger charge is -2.25. The Morgan fingerprint density at radius 1 is 1.60 bits per heavy atom. The van der Waals surface area contributed by atoms with Crippen LogP contribution in [0.4, 0.5) is 0 Å². The van der Waals surface area contributed by atoms with Gasteiger partial charge in [0.15, 0.2) is 0 Å². The molecule has 0 spiro atoms. The predicted octanol–water partition coefficient (Wildman–Crippen LogP) is 0.576. The van der Waals surface area contributed by atoms with Gasteiger partial charge >= 0.3 is 0 Å². The highest BCUT2D eigenvalue weighted by Crippen LogP contribution is 2.21. The molecule has 3 heteroatoms. The number of rotatable bonds is 1. The quantitative estimate of drug-likeness (QED) is 0.545. The van der Waals surface area contributed by atoms with E-state index in [2.05, 4.69) is 10.3 Å². The van der Waals surface area contributed by atoms with E-state index in [1.54, 1.807) is 0 Å². The number of carbonyl (C=O) groups excluding carboxylic acids is 1. The van der Waals surface area contributed by atoms with Gasteiger partial charge in [0.05, 0.1) is 12.5 Å². The van der Waals surface area contributed by atoms with Crippen molar-refractivity contribution in [2.24, 2.45) is 0 Å². The van der Waals surface area contributed by atoms with E-state index in [-0.39, 0.29) is 11.9 Å². The van der Waals surface area contributed by atoms with Crippen LogP contribution in [0.25, 0.3) is 0 Å². The van der Waals surface area contributed by atoms with Crippen molar-refractivity contribution in [3.63, 3.8) is 0 Å². The van der Waals surface area contributed by atoms with Crippen LogP contribution < -0.4 is 5.32 Å². The molecule has 1 aliphatic rings. The van der Waals surface area contributed by atoms with E-state index >= 15 is 0 Å². The number of carbonyl (C=O) groups is 1. The van der Waals surface area contributed by atoms with Gasteiger partial charge < -0.3 is 10.3 Å². The van der Waals surface area contributed by atoms with E-state index < -0.39 is 0 Å². The maximum atomic E-state index is 10.5. The number of β-lactam (4-membered cyclic amide) rings is 1. The summed E-state index contributed by atoms with van der Waals surface area (Å²) in [5, 5.41) is 2.77. The number of hydrogen-bond acceptors (Lipinski definition) is 1. The molecule has 1 aliphatic heterocycles. The van der Waals surface area contributed by atoms with Crippen LogP contribution >= 0.6 is 0 Å². The first-order valence-electron chi connectivity index (χ1n) is 3.29. The molecule has 1 amide bonds. The van der Waals surface area contributed by atoms with Gasteiger partial charge in [-0.05, 0) is 12.1 Å². The van der Waals surface area contributed by atoms with Gasteiger partial charge in [0, 0.05) is 11.9 Å². The van der Waals surface area contributed by atoms with Gasteiger partial charge in [-0.1, -0.05) is 0 Å². The molecule has 2 rings (SSSR count). The van der Waals surface area contributed by atoms with Crippen LogP contribution in [0.2, 0.25) is 0 Å². The third kappa shape index (κ3) is 0.708. The van der Waals surface area contributed by atoms with Gasteiger partial charge in [-0.25, -0.2) is 0 Å². The van der Waals surface area contributed by atoms with Crippen molar-refractivity contribution in [3.05, 3.63) is 24.0 Å². The Balaban J connectivity index is 2.10. The molecule has 0 saturated carbocycles. The second-order valence-electron chi connectivity index (χ2n) is 2.45. The number of hydrogen-bond donors (Lipinski definition) is 2. The van der Waals surface area contributed by atoms with Gasteiger partial charge in [-0.2, -0.15) is 0 Å². The maximum Gasteiger partial charge on any atom is 0.223 e. The lowest BCUT2D eigenvalue weighted by atomic mass is 10.0. The topological polar surface area (TPSA) is 44.9 Å². The van der Waals surface area contributed by atoms with Crippen LogP contribution in [0.5, 0.6) is 0 Å². The zero-order valence-electron chi connectivity index (χ0n) is 5.42. The smallest absolute Gasteiger partial charge is 0.223 e. The number of aromatic nitrogens is 1. The minimum atomic E-state index is 0.139. The fraction of sp³-hybridized carbons (Fsp3) is 0.286. The van der Waals surface area contributed by atoms with E-state index in [0.717, 1.165) is 5.69 Å². The fourth-order valence-electron chi connectivity index (χ4n) is 1.11. The highest BCUT2D eigenvalue weighted by atomic mass is 16.2. The Morgan fingerprint density at radius 2 is 2.40 bits per heavy atom. The summed E-state index contributed by atoms with van der Waals surface area (Å²) in [5.74, 6) is 0.139. The third-order valence-corrected chi connectivity index (χ3v) is 1.72. The van der Waals surface area contributed by atoms with Crippen molar-refractivity contribution in [3.8, 4) is 0 Å². The molecule has 2 N–H and O–H groups in total. The molecule has 10 heavy (non-hydrogen) atoms. The molecule has 1 atom stereocenters. The second-order valence-corrected chi connectivity index (χ2v) is 2.45. The zero-order chi connectivity index (χ0) is 6.97. The van der Waals surface area contributed by atoms with Crippen LogP contribution in [0.3, 0.4) is 0 Å². The zero-order valence-corrected chi connectivity index (χ0v) is 5.42. The maximum absolute atomic E-state index is 10.5. The summed E-state index contributed by atoms with van der Waals surface area (Å²) in [7, 11) is 0. The standard InChI is InChI=1S/C7H8N2O/c10-7-4-6(9-7)5-2-1-3-8-5/h1-3,6,8H,4H2,(H,9,10). The molecule has 0 radical (unpaired) electrons. The van der Waals surface area contributed by atoms with Crippen molar-refractivity contribution in [1.82, 2.24) is 10.3 Å². The molecule has 1 fully saturated rings. The molecule has 0 bridgehead atoms. The molecule has 1 unspecified atom stereocenters. The third-order valence-electron chi connectivity index (χ3n) is 1.72. The van der Waals surface area contributed by atoms with Crippen molar-refractivity contribution in [1.29, 1.82) is 0 Å². The highest BCUT2D eigenvalue weighted by molar-refractivity contribution is 5.83. The van der Waals surface area contributed by atoms with Gasteiger partial charge in [0.25, 0.3) is 0 Å². The SMILES string of the molecule is O=C1CC(c2ccc[nH]2)N1. The van der Waals surface area contributed by atoms with E-state index in [1.165, 1.54) is 0 Å². The van der Waals surface area contributed by atoms with Crippen LogP contribution in [0.1, 0.15) is 18.2 Å². The number of aromatic amines is 1. The molecule has 0 aromatic carbocycles. The number of amides is 1. The molecule has 1 aromatic rings. The Labute approximate surface area is 58.4 Å². The molecule has 1 saturated heterocycles. The fourth-order valence-corrected chi connectivity index (χ4v) is 1.11. The Hall–Kier alpha value is -1.25. The van der Waals surface area contributed by atoms with Crippen LogP contribution in [-0.2, 0) is 4.79 Å². The summed E-state index contributed by atoms with van der Waals surface area (Å²) in [6.45, 7) is 0. The summed E-state index contributed by atoms with van der Waals surface area (Å²) < 4.78 is 0. The Morgan fingerprint density at radius 3 is 2.90 bits per heavy atom. The lowest BCUT2D eigenvalue weighted by Crippen LogP contribution is -2.41. The Bertz CT molecular complexity index is 232. The summed E-state index contributed by atoms with van der Waals surface area (Å²) in [6.07, 6.45) is 2.49. The summed E-state index contributed by atoms with van der Waals surface area (Å²) in [5.41, 5.74) is 1.10. The number of nitrogens with one attached hydrogen (secondary N) is 2. The van der Waals surface area contributed by atoms with E-state index in [9.17, 15) is 4.79 Å². The van der Waals surface area contributed by atoms with Gasteiger partial charge in [0.2, 0.25) is 5.91 Å². The van der Waals surface area contributed by atoms with Crippen molar-refractivity contribution < 1.29 is 4.79 Å². The average Bonchev–Trinajstić information content (AvgIpc) is 2.31. The monoisotopic (exact) mass is 136 g/mol. The first-order chi connectivity index (χ1) is 4.86. The summed E-state index contributed by atoms with van der Waals surface area (Å²) in [6, 6.07) is 4.15. The summed E-state index contributed by atoms with van der Waals surface area (Å²) in [4.78, 5) is 13.5. The van der Waals surface area contributed by atoms with Crippen molar-refractivity contribution >= 4 is 5.91 Å². The van der Waals surface area contributed by atoms with E-state index in [0.29, 0.717) is 6.42 Å². The van der Waals surface area contributed by atoms with Crippen LogP contribution in [0.15, 0.2) is 18.3 Å². The molecule has 3 nitrogen and oxygen atoms in total. The molecule has 1 aromatic heterocycles. The van der Waals surface area contributed by atoms with Gasteiger partial charge in [-0.3, -0.25) is 4.79 Å². The first kappa shape index (κ1) is 5.53. The average molecular weight is 136 g/mol. The predicted molar refractivity (Wildman–Crippen MR) is 36.3 cm³/mol. The molecule has 2 heterocycles. The van der Waals surface area contributed by atoms with Crippen molar-refractivity contribution in [2.45, 2.75) is 12.5 Å². The second kappa shape index (κ2) is 1.87. The first-order valence-corrected chi connectivity index (χ1v) is 3.29. The van der Waals surface area contributed by atoms with Crippen LogP contribution in [0, 0.1) is 0 Å². The molecular formula is C7H8N2O. The molecular weight excluding hydrogens is 128 g/mol. The van der Waals surface area contributed by atoms with E-state index in [4.69, 9.17) is 0 Å². The molecule has 0 aliphatic carbocycles. The van der Waals surface area contributed by atoms with Crippen LogP contribution in [-0.4, -0.2) is 10.9 Å². The normalized spacial score (nSPS) is 23.6. The van der Waals surface area contributed by atoms with Gasteiger partial charge in [0.1, 0.15) is 0 Å². The lowest BCUT2D eigenvalue weighted by molar-refractivity contribution is -0.128. The minimum absolute atomic E-state index is 0.139. The van der Waals surface area contributed by atoms with Crippen molar-refractivity contribution in [2.75, 3.05) is 0 Å². The minimum Gasteiger partial charge on any atom is -0.363 e. The number of H-pyrrole nitrogens is 1. The van der Waals surface area contributed by atoms with E-state index in [1.807, 2.05) is 18.3 Å².